The van der Waals surface area contributed by atoms with Crippen molar-refractivity contribution in [1.82, 2.24) is 0 Å². The van der Waals surface area contributed by atoms with Gasteiger partial charge in [0.2, 0.25) is 0 Å². The van der Waals surface area contributed by atoms with Gasteiger partial charge in [-0.1, -0.05) is 17.7 Å². The second kappa shape index (κ2) is 6.63. The van der Waals surface area contributed by atoms with Gasteiger partial charge in [0.05, 0.1) is 7.11 Å². The summed E-state index contributed by atoms with van der Waals surface area (Å²) in [6.07, 6.45) is -2.61. The van der Waals surface area contributed by atoms with Gasteiger partial charge in [0.25, 0.3) is 6.43 Å². The summed E-state index contributed by atoms with van der Waals surface area (Å²) in [5.41, 5.74) is 6.73. The molecule has 0 aliphatic rings. The summed E-state index contributed by atoms with van der Waals surface area (Å²) >= 11 is 6.11. The van der Waals surface area contributed by atoms with E-state index in [1.165, 1.54) is 19.2 Å². The number of anilines is 2. The standard InChI is InChI=1S/C15H15ClF2N2O/c1-21-14-4-2-3-12(16)11(14)8-20-13-6-5-9(19)7-10(13)15(17)18/h2-7,15,20H,8,19H2,1H3. The molecule has 0 amide bonds. The van der Waals surface area contributed by atoms with E-state index in [2.05, 4.69) is 5.32 Å². The number of halogens is 3. The number of alkyl halides is 2. The first-order valence-corrected chi connectivity index (χ1v) is 6.63. The lowest BCUT2D eigenvalue weighted by Crippen LogP contribution is -2.05. The van der Waals surface area contributed by atoms with Crippen molar-refractivity contribution in [2.24, 2.45) is 0 Å². The molecule has 0 heterocycles. The van der Waals surface area contributed by atoms with E-state index in [4.69, 9.17) is 22.1 Å². The highest BCUT2D eigenvalue weighted by atomic mass is 35.5. The molecule has 0 unspecified atom stereocenters. The first-order valence-electron chi connectivity index (χ1n) is 6.25. The molecular formula is C15H15ClF2N2O. The fourth-order valence-electron chi connectivity index (χ4n) is 2.01. The summed E-state index contributed by atoms with van der Waals surface area (Å²) in [6.45, 7) is 0.270. The van der Waals surface area contributed by atoms with Gasteiger partial charge in [-0.05, 0) is 30.3 Å². The van der Waals surface area contributed by atoms with E-state index in [0.29, 0.717) is 27.7 Å². The van der Waals surface area contributed by atoms with E-state index >= 15 is 0 Å². The molecule has 0 aliphatic heterocycles. The lowest BCUT2D eigenvalue weighted by atomic mass is 10.1. The molecule has 112 valence electrons. The van der Waals surface area contributed by atoms with Crippen LogP contribution in [0.5, 0.6) is 5.75 Å². The maximum Gasteiger partial charge on any atom is 0.265 e. The third kappa shape index (κ3) is 3.55. The van der Waals surface area contributed by atoms with Crippen molar-refractivity contribution >= 4 is 23.0 Å². The predicted molar refractivity (Wildman–Crippen MR) is 81.1 cm³/mol. The first-order chi connectivity index (χ1) is 10.0. The molecule has 3 N–H and O–H groups in total. The van der Waals surface area contributed by atoms with Gasteiger partial charge < -0.3 is 15.8 Å². The van der Waals surface area contributed by atoms with Gasteiger partial charge in [-0.15, -0.1) is 0 Å². The fourth-order valence-corrected chi connectivity index (χ4v) is 2.24. The Labute approximate surface area is 126 Å². The van der Waals surface area contributed by atoms with Crippen LogP contribution in [0, 0.1) is 0 Å². The number of hydrogen-bond acceptors (Lipinski definition) is 3. The highest BCUT2D eigenvalue weighted by Crippen LogP contribution is 2.31. The number of nitrogen functional groups attached to an aromatic ring is 1. The Morgan fingerprint density at radius 1 is 1.29 bits per heavy atom. The minimum absolute atomic E-state index is 0.138. The monoisotopic (exact) mass is 312 g/mol. The Balaban J connectivity index is 2.25. The van der Waals surface area contributed by atoms with Crippen molar-refractivity contribution in [3.63, 3.8) is 0 Å². The molecule has 6 heteroatoms. The third-order valence-corrected chi connectivity index (χ3v) is 3.42. The second-order valence-corrected chi connectivity index (χ2v) is 4.83. The van der Waals surface area contributed by atoms with Crippen molar-refractivity contribution in [1.29, 1.82) is 0 Å². The lowest BCUT2D eigenvalue weighted by Gasteiger charge is -2.15. The van der Waals surface area contributed by atoms with Crippen LogP contribution in [0.15, 0.2) is 36.4 Å². The van der Waals surface area contributed by atoms with Crippen LogP contribution in [0.3, 0.4) is 0 Å². The first kappa shape index (κ1) is 15.4. The minimum Gasteiger partial charge on any atom is -0.496 e. The van der Waals surface area contributed by atoms with E-state index in [9.17, 15) is 8.78 Å². The van der Waals surface area contributed by atoms with Gasteiger partial charge in [0.1, 0.15) is 5.75 Å². The SMILES string of the molecule is COc1cccc(Cl)c1CNc1ccc(N)cc1C(F)F. The molecular weight excluding hydrogens is 298 g/mol. The normalized spacial score (nSPS) is 10.7. The van der Waals surface area contributed by atoms with Crippen molar-refractivity contribution in [3.05, 3.63) is 52.5 Å². The van der Waals surface area contributed by atoms with E-state index in [1.807, 2.05) is 0 Å². The summed E-state index contributed by atoms with van der Waals surface area (Å²) in [6, 6.07) is 9.60. The number of ether oxygens (including phenoxy) is 1. The van der Waals surface area contributed by atoms with Crippen LogP contribution in [-0.2, 0) is 6.54 Å². The molecule has 0 aliphatic carbocycles. The van der Waals surface area contributed by atoms with Crippen molar-refractivity contribution in [2.45, 2.75) is 13.0 Å². The Morgan fingerprint density at radius 2 is 2.05 bits per heavy atom. The smallest absolute Gasteiger partial charge is 0.265 e. The second-order valence-electron chi connectivity index (χ2n) is 4.42. The largest absolute Gasteiger partial charge is 0.496 e. The predicted octanol–water partition coefficient (Wildman–Crippen LogP) is 4.48. The molecule has 0 fully saturated rings. The molecule has 0 saturated carbocycles. The minimum atomic E-state index is -2.61. The highest BCUT2D eigenvalue weighted by Gasteiger charge is 2.14. The number of rotatable bonds is 5. The average molecular weight is 313 g/mol. The zero-order valence-corrected chi connectivity index (χ0v) is 12.1. The summed E-state index contributed by atoms with van der Waals surface area (Å²) in [7, 11) is 1.53. The summed E-state index contributed by atoms with van der Waals surface area (Å²) in [5.74, 6) is 0.601. The molecule has 2 aromatic carbocycles. The van der Waals surface area contributed by atoms with Crippen LogP contribution in [-0.4, -0.2) is 7.11 Å². The fraction of sp³-hybridized carbons (Fsp3) is 0.200. The quantitative estimate of drug-likeness (QED) is 0.800. The molecule has 0 saturated heterocycles. The Hall–Kier alpha value is -2.01. The number of nitrogens with one attached hydrogen (secondary N) is 1. The molecule has 21 heavy (non-hydrogen) atoms. The van der Waals surface area contributed by atoms with Crippen LogP contribution in [0.4, 0.5) is 20.2 Å². The van der Waals surface area contributed by atoms with E-state index < -0.39 is 6.43 Å². The highest BCUT2D eigenvalue weighted by molar-refractivity contribution is 6.31. The zero-order valence-electron chi connectivity index (χ0n) is 11.4. The molecule has 2 rings (SSSR count). The Kier molecular flexibility index (Phi) is 4.85. The summed E-state index contributed by atoms with van der Waals surface area (Å²) in [4.78, 5) is 0. The molecule has 3 nitrogen and oxygen atoms in total. The molecule has 0 radical (unpaired) electrons. The van der Waals surface area contributed by atoms with Crippen molar-refractivity contribution < 1.29 is 13.5 Å². The van der Waals surface area contributed by atoms with Gasteiger partial charge >= 0.3 is 0 Å². The van der Waals surface area contributed by atoms with E-state index in [1.54, 1.807) is 24.3 Å². The molecule has 0 atom stereocenters. The third-order valence-electron chi connectivity index (χ3n) is 3.06. The molecule has 0 spiro atoms. The van der Waals surface area contributed by atoms with E-state index in [0.717, 1.165) is 0 Å². The number of nitrogens with two attached hydrogens (primary N) is 1. The topological polar surface area (TPSA) is 47.3 Å². The number of benzene rings is 2. The molecule has 2 aromatic rings. The van der Waals surface area contributed by atoms with Crippen LogP contribution in [0.25, 0.3) is 0 Å². The summed E-state index contributed by atoms with van der Waals surface area (Å²) in [5, 5.41) is 3.46. The van der Waals surface area contributed by atoms with Gasteiger partial charge in [-0.25, -0.2) is 8.78 Å². The van der Waals surface area contributed by atoms with Gasteiger partial charge in [-0.3, -0.25) is 0 Å². The van der Waals surface area contributed by atoms with Crippen LogP contribution in [0.1, 0.15) is 17.6 Å². The van der Waals surface area contributed by atoms with Crippen LogP contribution >= 0.6 is 11.6 Å². The lowest BCUT2D eigenvalue weighted by molar-refractivity contribution is 0.152. The maximum absolute atomic E-state index is 13.0. The van der Waals surface area contributed by atoms with Crippen LogP contribution < -0.4 is 15.8 Å². The Morgan fingerprint density at radius 3 is 2.71 bits per heavy atom. The molecule has 0 aromatic heterocycles. The van der Waals surface area contributed by atoms with Gasteiger partial charge in [-0.2, -0.15) is 0 Å². The molecule has 0 bridgehead atoms. The summed E-state index contributed by atoms with van der Waals surface area (Å²) < 4.78 is 31.2. The van der Waals surface area contributed by atoms with Crippen molar-refractivity contribution in [3.8, 4) is 5.75 Å². The Bertz CT molecular complexity index is 635. The zero-order chi connectivity index (χ0) is 15.4. The van der Waals surface area contributed by atoms with Gasteiger partial charge in [0.15, 0.2) is 0 Å². The maximum atomic E-state index is 13.0. The number of methoxy groups -OCH3 is 1. The van der Waals surface area contributed by atoms with Crippen LogP contribution in [0.2, 0.25) is 5.02 Å². The van der Waals surface area contributed by atoms with Crippen molar-refractivity contribution in [2.75, 3.05) is 18.2 Å². The average Bonchev–Trinajstić information content (AvgIpc) is 2.46. The number of hydrogen-bond donors (Lipinski definition) is 2. The van der Waals surface area contributed by atoms with E-state index in [-0.39, 0.29) is 12.1 Å². The van der Waals surface area contributed by atoms with Gasteiger partial charge in [0, 0.05) is 34.1 Å².